The topological polar surface area (TPSA) is 64.6 Å². The van der Waals surface area contributed by atoms with Crippen LogP contribution < -0.4 is 10.1 Å². The molecule has 0 saturated heterocycles. The van der Waals surface area contributed by atoms with Gasteiger partial charge < -0.3 is 14.8 Å². The summed E-state index contributed by atoms with van der Waals surface area (Å²) in [5.41, 5.74) is 2.22. The maximum Gasteiger partial charge on any atom is 0.344 e. The number of aryl methyl sites for hydroxylation is 1. The number of benzene rings is 2. The van der Waals surface area contributed by atoms with Crippen LogP contribution in [0.5, 0.6) is 5.75 Å². The zero-order chi connectivity index (χ0) is 20.5. The summed E-state index contributed by atoms with van der Waals surface area (Å²) in [5.74, 6) is -1.60. The van der Waals surface area contributed by atoms with Crippen molar-refractivity contribution in [1.82, 2.24) is 5.32 Å². The molecule has 0 radical (unpaired) electrons. The summed E-state index contributed by atoms with van der Waals surface area (Å²) in [4.78, 5) is 23.9. The van der Waals surface area contributed by atoms with E-state index in [1.807, 2.05) is 38.1 Å². The fraction of sp³-hybridized carbons (Fsp3) is 0.364. The fourth-order valence-electron chi connectivity index (χ4n) is 2.70. The zero-order valence-electron chi connectivity index (χ0n) is 16.4. The van der Waals surface area contributed by atoms with E-state index in [2.05, 4.69) is 12.2 Å². The molecule has 1 atom stereocenters. The monoisotopic (exact) mass is 387 g/mol. The highest BCUT2D eigenvalue weighted by Gasteiger charge is 2.19. The Bertz CT molecular complexity index is 789. The lowest BCUT2D eigenvalue weighted by Crippen LogP contribution is -2.35. The molecule has 0 fully saturated rings. The number of ether oxygens (including phenoxy) is 2. The Morgan fingerprint density at radius 2 is 1.71 bits per heavy atom. The minimum Gasteiger partial charge on any atom is -0.479 e. The van der Waals surface area contributed by atoms with E-state index in [4.69, 9.17) is 9.47 Å². The Labute approximate surface area is 164 Å². The molecule has 2 aromatic rings. The minimum absolute atomic E-state index is 0.0423. The molecule has 1 N–H and O–H groups in total. The van der Waals surface area contributed by atoms with Gasteiger partial charge in [0.2, 0.25) is 0 Å². The van der Waals surface area contributed by atoms with E-state index in [1.165, 1.54) is 23.8 Å². The van der Waals surface area contributed by atoms with Gasteiger partial charge >= 0.3 is 5.97 Å². The second kappa shape index (κ2) is 10.4. The number of carbonyl (C=O) groups excluding carboxylic acids is 2. The van der Waals surface area contributed by atoms with E-state index in [9.17, 15) is 14.0 Å². The van der Waals surface area contributed by atoms with E-state index >= 15 is 0 Å². The molecule has 0 unspecified atom stereocenters. The van der Waals surface area contributed by atoms with E-state index in [-0.39, 0.29) is 17.7 Å². The largest absolute Gasteiger partial charge is 0.479 e. The van der Waals surface area contributed by atoms with Crippen molar-refractivity contribution in [3.05, 3.63) is 65.5 Å². The standard InChI is InChI=1S/C22H26FNO4/c1-4-16-9-11-17(12-10-16)22(15(2)3)24-20(25)13-28-21(26)14-27-19-8-6-5-7-18(19)23/h5-12,15,22H,4,13-14H2,1-3H3,(H,24,25)/t22-/m1/s1. The van der Waals surface area contributed by atoms with Gasteiger partial charge in [-0.1, -0.05) is 57.2 Å². The van der Waals surface area contributed by atoms with Crippen molar-refractivity contribution in [2.75, 3.05) is 13.2 Å². The van der Waals surface area contributed by atoms with Gasteiger partial charge in [-0.25, -0.2) is 9.18 Å². The first-order chi connectivity index (χ1) is 13.4. The van der Waals surface area contributed by atoms with Crippen LogP contribution in [0.25, 0.3) is 0 Å². The van der Waals surface area contributed by atoms with Gasteiger partial charge in [0.1, 0.15) is 0 Å². The van der Waals surface area contributed by atoms with Crippen LogP contribution in [0.15, 0.2) is 48.5 Å². The molecule has 28 heavy (non-hydrogen) atoms. The van der Waals surface area contributed by atoms with Crippen molar-refractivity contribution >= 4 is 11.9 Å². The Kier molecular flexibility index (Phi) is 7.99. The van der Waals surface area contributed by atoms with Crippen molar-refractivity contribution in [3.8, 4) is 5.75 Å². The summed E-state index contributed by atoms with van der Waals surface area (Å²) in [6.45, 7) is 5.21. The van der Waals surface area contributed by atoms with Crippen molar-refractivity contribution < 1.29 is 23.5 Å². The maximum absolute atomic E-state index is 13.4. The van der Waals surface area contributed by atoms with Crippen LogP contribution in [0.2, 0.25) is 0 Å². The predicted molar refractivity (Wildman–Crippen MR) is 104 cm³/mol. The third kappa shape index (κ3) is 6.37. The second-order valence-electron chi connectivity index (χ2n) is 6.76. The molecule has 0 aliphatic heterocycles. The number of halogens is 1. The molecule has 0 aliphatic rings. The van der Waals surface area contributed by atoms with Crippen molar-refractivity contribution in [3.63, 3.8) is 0 Å². The maximum atomic E-state index is 13.4. The number of hydrogen-bond donors (Lipinski definition) is 1. The Morgan fingerprint density at radius 1 is 1.04 bits per heavy atom. The predicted octanol–water partition coefficient (Wildman–Crippen LogP) is 3.82. The smallest absolute Gasteiger partial charge is 0.344 e. The molecule has 6 heteroatoms. The molecule has 0 spiro atoms. The minimum atomic E-state index is -0.744. The van der Waals surface area contributed by atoms with Crippen molar-refractivity contribution in [1.29, 1.82) is 0 Å². The van der Waals surface area contributed by atoms with Crippen LogP contribution in [0.1, 0.15) is 37.9 Å². The molecule has 0 heterocycles. The summed E-state index contributed by atoms with van der Waals surface area (Å²) in [6.07, 6.45) is 0.948. The molecular formula is C22H26FNO4. The Balaban J connectivity index is 1.83. The van der Waals surface area contributed by atoms with Crippen LogP contribution in [-0.2, 0) is 20.7 Å². The Hall–Kier alpha value is -2.89. The number of hydrogen-bond acceptors (Lipinski definition) is 4. The van der Waals surface area contributed by atoms with Crippen molar-refractivity contribution in [2.24, 2.45) is 5.92 Å². The number of amides is 1. The van der Waals surface area contributed by atoms with E-state index in [0.29, 0.717) is 0 Å². The summed E-state index contributed by atoms with van der Waals surface area (Å²) in [7, 11) is 0. The van der Waals surface area contributed by atoms with Gasteiger partial charge in [-0.05, 0) is 35.6 Å². The zero-order valence-corrected chi connectivity index (χ0v) is 16.4. The van der Waals surface area contributed by atoms with E-state index < -0.39 is 30.9 Å². The molecular weight excluding hydrogens is 361 g/mol. The molecule has 2 aromatic carbocycles. The lowest BCUT2D eigenvalue weighted by molar-refractivity contribution is -0.150. The fourth-order valence-corrected chi connectivity index (χ4v) is 2.70. The summed E-state index contributed by atoms with van der Waals surface area (Å²) >= 11 is 0. The average Bonchev–Trinajstić information content (AvgIpc) is 2.69. The van der Waals surface area contributed by atoms with Crippen LogP contribution >= 0.6 is 0 Å². The van der Waals surface area contributed by atoms with Gasteiger partial charge in [-0.2, -0.15) is 0 Å². The summed E-state index contributed by atoms with van der Waals surface area (Å²) in [6, 6.07) is 13.6. The third-order valence-corrected chi connectivity index (χ3v) is 4.28. The van der Waals surface area contributed by atoms with Gasteiger partial charge in [0, 0.05) is 0 Å². The number of nitrogens with one attached hydrogen (secondary N) is 1. The molecule has 2 rings (SSSR count). The highest BCUT2D eigenvalue weighted by molar-refractivity contribution is 5.81. The van der Waals surface area contributed by atoms with Gasteiger partial charge in [-0.3, -0.25) is 4.79 Å². The molecule has 0 saturated carbocycles. The van der Waals surface area contributed by atoms with Gasteiger partial charge in [-0.15, -0.1) is 0 Å². The first-order valence-electron chi connectivity index (χ1n) is 9.31. The first-order valence-corrected chi connectivity index (χ1v) is 9.31. The van der Waals surface area contributed by atoms with Gasteiger partial charge in [0.05, 0.1) is 6.04 Å². The van der Waals surface area contributed by atoms with Gasteiger partial charge in [0.25, 0.3) is 5.91 Å². The summed E-state index contributed by atoms with van der Waals surface area (Å²) in [5, 5.41) is 2.89. The van der Waals surface area contributed by atoms with Crippen molar-refractivity contribution in [2.45, 2.75) is 33.2 Å². The lowest BCUT2D eigenvalue weighted by atomic mass is 9.95. The highest BCUT2D eigenvalue weighted by atomic mass is 19.1. The summed E-state index contributed by atoms with van der Waals surface area (Å²) < 4.78 is 23.4. The average molecular weight is 387 g/mol. The van der Waals surface area contributed by atoms with Crippen LogP contribution in [0, 0.1) is 11.7 Å². The van der Waals surface area contributed by atoms with Gasteiger partial charge in [0.15, 0.2) is 24.8 Å². The quantitative estimate of drug-likeness (QED) is 0.665. The second-order valence-corrected chi connectivity index (χ2v) is 6.76. The van der Waals surface area contributed by atoms with Crippen LogP contribution in [0.3, 0.4) is 0 Å². The normalized spacial score (nSPS) is 11.8. The number of rotatable bonds is 9. The van der Waals surface area contributed by atoms with Crippen LogP contribution in [0.4, 0.5) is 4.39 Å². The third-order valence-electron chi connectivity index (χ3n) is 4.28. The first kappa shape index (κ1) is 21.4. The number of para-hydroxylation sites is 1. The Morgan fingerprint density at radius 3 is 2.32 bits per heavy atom. The molecule has 0 bridgehead atoms. The molecule has 0 aromatic heterocycles. The molecule has 150 valence electrons. The van der Waals surface area contributed by atoms with Crippen LogP contribution in [-0.4, -0.2) is 25.1 Å². The molecule has 1 amide bonds. The van der Waals surface area contributed by atoms with E-state index in [0.717, 1.165) is 12.0 Å². The van der Waals surface area contributed by atoms with E-state index in [1.54, 1.807) is 6.07 Å². The number of carbonyl (C=O) groups is 2. The number of esters is 1. The SMILES string of the molecule is CCc1ccc([C@H](NC(=O)COC(=O)COc2ccccc2F)C(C)C)cc1. The molecule has 0 aliphatic carbocycles. The molecule has 5 nitrogen and oxygen atoms in total. The lowest BCUT2D eigenvalue weighted by Gasteiger charge is -2.23. The highest BCUT2D eigenvalue weighted by Crippen LogP contribution is 2.22.